The van der Waals surface area contributed by atoms with Crippen molar-refractivity contribution in [1.29, 1.82) is 0 Å². The minimum absolute atomic E-state index is 0.138. The van der Waals surface area contributed by atoms with E-state index in [9.17, 15) is 9.59 Å². The number of carbonyl (C=O) groups excluding carboxylic acids is 2. The van der Waals surface area contributed by atoms with Crippen LogP contribution in [-0.4, -0.2) is 23.3 Å². The van der Waals surface area contributed by atoms with Crippen LogP contribution in [0, 0.1) is 12.3 Å². The van der Waals surface area contributed by atoms with E-state index >= 15 is 0 Å². The minimum Gasteiger partial charge on any atom is -0.369 e. The van der Waals surface area contributed by atoms with Gasteiger partial charge < -0.3 is 16.5 Å². The summed E-state index contributed by atoms with van der Waals surface area (Å²) in [4.78, 5) is 27.2. The molecule has 104 valence electrons. The zero-order valence-corrected chi connectivity index (χ0v) is 11.3. The summed E-state index contributed by atoms with van der Waals surface area (Å²) in [5.74, 6) is 4.51. The number of nitrogens with zero attached hydrogens (tertiary/aromatic N) is 1. The van der Waals surface area contributed by atoms with Crippen molar-refractivity contribution < 1.29 is 9.59 Å². The van der Waals surface area contributed by atoms with E-state index in [1.165, 1.54) is 6.20 Å². The van der Waals surface area contributed by atoms with Gasteiger partial charge in [0.2, 0.25) is 5.91 Å². The maximum absolute atomic E-state index is 12.0. The molecule has 1 aromatic rings. The number of hydrogen-bond acceptors (Lipinski definition) is 5. The van der Waals surface area contributed by atoms with Crippen molar-refractivity contribution in [3.63, 3.8) is 0 Å². The number of nitrogens with one attached hydrogen (secondary N) is 2. The van der Waals surface area contributed by atoms with E-state index in [1.807, 2.05) is 0 Å². The fraction of sp³-hybridized carbons (Fsp3) is 0.417. The van der Waals surface area contributed by atoms with E-state index in [2.05, 4.69) is 15.7 Å². The summed E-state index contributed by atoms with van der Waals surface area (Å²) >= 11 is 0. The number of pyridine rings is 1. The average molecular weight is 265 g/mol. The molecule has 1 heterocycles. The second-order valence-corrected chi connectivity index (χ2v) is 4.95. The monoisotopic (exact) mass is 265 g/mol. The number of aromatic nitrogens is 1. The van der Waals surface area contributed by atoms with Gasteiger partial charge >= 0.3 is 0 Å². The quantitative estimate of drug-likeness (QED) is 0.438. The van der Waals surface area contributed by atoms with Crippen molar-refractivity contribution >= 4 is 17.5 Å². The maximum Gasteiger partial charge on any atom is 0.255 e. The van der Waals surface area contributed by atoms with Crippen molar-refractivity contribution in [2.75, 3.05) is 12.0 Å². The van der Waals surface area contributed by atoms with Crippen LogP contribution in [0.5, 0.6) is 0 Å². The molecule has 0 aliphatic rings. The van der Waals surface area contributed by atoms with Gasteiger partial charge in [-0.15, -0.1) is 0 Å². The van der Waals surface area contributed by atoms with Gasteiger partial charge in [-0.25, -0.2) is 0 Å². The van der Waals surface area contributed by atoms with Gasteiger partial charge in [-0.3, -0.25) is 20.4 Å². The molecule has 2 amide bonds. The molecule has 0 unspecified atom stereocenters. The molecule has 19 heavy (non-hydrogen) atoms. The Morgan fingerprint density at radius 1 is 1.42 bits per heavy atom. The highest BCUT2D eigenvalue weighted by molar-refractivity contribution is 5.99. The van der Waals surface area contributed by atoms with E-state index in [1.54, 1.807) is 26.8 Å². The normalized spacial score (nSPS) is 10.9. The number of nitrogen functional groups attached to an aromatic ring is 1. The number of primary amides is 1. The van der Waals surface area contributed by atoms with E-state index < -0.39 is 11.3 Å². The predicted octanol–water partition coefficient (Wildman–Crippen LogP) is -0.0831. The first-order valence-electron chi connectivity index (χ1n) is 5.79. The fourth-order valence-corrected chi connectivity index (χ4v) is 1.34. The minimum atomic E-state index is -0.815. The summed E-state index contributed by atoms with van der Waals surface area (Å²) in [5, 5.41) is 2.64. The summed E-state index contributed by atoms with van der Waals surface area (Å²) in [7, 11) is 0. The Bertz CT molecular complexity index is 499. The van der Waals surface area contributed by atoms with E-state index in [0.29, 0.717) is 11.3 Å². The van der Waals surface area contributed by atoms with Gasteiger partial charge in [-0.1, -0.05) is 0 Å². The van der Waals surface area contributed by atoms with Crippen LogP contribution in [0.15, 0.2) is 12.3 Å². The third-order valence-corrected chi connectivity index (χ3v) is 2.80. The summed E-state index contributed by atoms with van der Waals surface area (Å²) in [6.07, 6.45) is 1.43. The van der Waals surface area contributed by atoms with E-state index in [0.717, 1.165) is 5.69 Å². The zero-order valence-electron chi connectivity index (χ0n) is 11.3. The second-order valence-electron chi connectivity index (χ2n) is 4.95. The first kappa shape index (κ1) is 14.9. The van der Waals surface area contributed by atoms with Crippen molar-refractivity contribution in [2.24, 2.45) is 17.0 Å². The molecule has 0 spiro atoms. The van der Waals surface area contributed by atoms with Crippen LogP contribution in [-0.2, 0) is 4.79 Å². The molecule has 1 rings (SSSR count). The Morgan fingerprint density at radius 3 is 2.58 bits per heavy atom. The number of hydrazine groups is 1. The van der Waals surface area contributed by atoms with Crippen LogP contribution in [0.25, 0.3) is 0 Å². The SMILES string of the molecule is Cc1cc(NN)c(C(=O)NCC(C)(C)C(N)=O)cn1. The van der Waals surface area contributed by atoms with Crippen molar-refractivity contribution in [2.45, 2.75) is 20.8 Å². The van der Waals surface area contributed by atoms with Crippen LogP contribution in [0.2, 0.25) is 0 Å². The van der Waals surface area contributed by atoms with E-state index in [-0.39, 0.29) is 12.5 Å². The number of hydrogen-bond donors (Lipinski definition) is 4. The van der Waals surface area contributed by atoms with Crippen LogP contribution in [0.1, 0.15) is 29.9 Å². The fourth-order valence-electron chi connectivity index (χ4n) is 1.34. The predicted molar refractivity (Wildman–Crippen MR) is 72.1 cm³/mol. The standard InChI is InChI=1S/C12H19N5O2/c1-7-4-9(17-14)8(5-15-7)10(18)16-6-12(2,3)11(13)19/h4-5H,6,14H2,1-3H3,(H2,13,19)(H,15,17)(H,16,18). The lowest BCUT2D eigenvalue weighted by atomic mass is 9.92. The van der Waals surface area contributed by atoms with Gasteiger partial charge in [0.25, 0.3) is 5.91 Å². The first-order valence-corrected chi connectivity index (χ1v) is 5.79. The molecule has 0 saturated heterocycles. The highest BCUT2D eigenvalue weighted by Gasteiger charge is 2.26. The lowest BCUT2D eigenvalue weighted by molar-refractivity contribution is -0.125. The second kappa shape index (κ2) is 5.66. The van der Waals surface area contributed by atoms with Crippen LogP contribution in [0.3, 0.4) is 0 Å². The smallest absolute Gasteiger partial charge is 0.255 e. The lowest BCUT2D eigenvalue weighted by Crippen LogP contribution is -2.42. The van der Waals surface area contributed by atoms with Crippen LogP contribution < -0.4 is 22.3 Å². The van der Waals surface area contributed by atoms with Gasteiger partial charge in [0.15, 0.2) is 0 Å². The molecule has 0 aliphatic heterocycles. The molecule has 0 atom stereocenters. The highest BCUT2D eigenvalue weighted by Crippen LogP contribution is 2.16. The Labute approximate surface area is 111 Å². The highest BCUT2D eigenvalue weighted by atomic mass is 16.2. The molecule has 7 heteroatoms. The topological polar surface area (TPSA) is 123 Å². The van der Waals surface area contributed by atoms with Gasteiger partial charge in [0.05, 0.1) is 16.7 Å². The first-order chi connectivity index (χ1) is 8.77. The summed E-state index contributed by atoms with van der Waals surface area (Å²) in [5.41, 5.74) is 8.39. The average Bonchev–Trinajstić information content (AvgIpc) is 2.35. The number of aryl methyl sites for hydroxylation is 1. The molecule has 0 bridgehead atoms. The Morgan fingerprint density at radius 2 is 2.05 bits per heavy atom. The molecule has 1 aromatic heterocycles. The maximum atomic E-state index is 12.0. The molecule has 7 nitrogen and oxygen atoms in total. The molecule has 6 N–H and O–H groups in total. The van der Waals surface area contributed by atoms with Gasteiger partial charge in [0.1, 0.15) is 0 Å². The van der Waals surface area contributed by atoms with Gasteiger partial charge in [-0.2, -0.15) is 0 Å². The number of anilines is 1. The molecule has 0 radical (unpaired) electrons. The van der Waals surface area contributed by atoms with Gasteiger partial charge in [0, 0.05) is 18.4 Å². The molecule has 0 fully saturated rings. The Kier molecular flexibility index (Phi) is 4.44. The molecular weight excluding hydrogens is 246 g/mol. The number of amides is 2. The van der Waals surface area contributed by atoms with Gasteiger partial charge in [-0.05, 0) is 26.8 Å². The van der Waals surface area contributed by atoms with E-state index in [4.69, 9.17) is 11.6 Å². The Balaban J connectivity index is 2.82. The summed E-state index contributed by atoms with van der Waals surface area (Å²) in [6, 6.07) is 1.66. The number of carbonyl (C=O) groups is 2. The molecule has 0 aromatic carbocycles. The van der Waals surface area contributed by atoms with Crippen molar-refractivity contribution in [3.05, 3.63) is 23.5 Å². The number of rotatable bonds is 5. The summed E-state index contributed by atoms with van der Waals surface area (Å²) < 4.78 is 0. The molecular formula is C12H19N5O2. The van der Waals surface area contributed by atoms with Crippen LogP contribution >= 0.6 is 0 Å². The van der Waals surface area contributed by atoms with Crippen LogP contribution in [0.4, 0.5) is 5.69 Å². The zero-order chi connectivity index (χ0) is 14.6. The third kappa shape index (κ3) is 3.65. The lowest BCUT2D eigenvalue weighted by Gasteiger charge is -2.21. The molecule has 0 saturated carbocycles. The van der Waals surface area contributed by atoms with Crippen molar-refractivity contribution in [1.82, 2.24) is 10.3 Å². The summed E-state index contributed by atoms with van der Waals surface area (Å²) in [6.45, 7) is 5.24. The molecule has 0 aliphatic carbocycles. The largest absolute Gasteiger partial charge is 0.369 e. The number of nitrogens with two attached hydrogens (primary N) is 2. The third-order valence-electron chi connectivity index (χ3n) is 2.80. The Hall–Kier alpha value is -2.15. The van der Waals surface area contributed by atoms with Crippen molar-refractivity contribution in [3.8, 4) is 0 Å².